The molecule has 9 heteroatoms. The SMILES string of the molecule is c1ccc(-c2nc(-c3ccc4c5ccccc5c5ccccc5c4c3)nc3sc4ccccc4c23)cc1.c1ccc(-c2nc(-c3cccc(-c4ccc5c6ccccc6c6ccccc6c5c4)c3)nc3sc4ccccc4c23)cc1.c1ccc(-c2nc(-c3cccc(-c4cccc(-c5ccc6c7ccccc7c7ccccc7c6c5)c4)c3)nc3sc4ccccc4c23)cc1. The summed E-state index contributed by atoms with van der Waals surface area (Å²) in [5, 5.41) is 30.0. The summed E-state index contributed by atoms with van der Waals surface area (Å²) < 4.78 is 3.68. The Morgan fingerprint density at radius 2 is 0.310 bits per heavy atom. The van der Waals surface area contributed by atoms with E-state index < -0.39 is 0 Å². The van der Waals surface area contributed by atoms with Crippen LogP contribution in [0.4, 0.5) is 0 Å². The Bertz CT molecular complexity index is 9120. The van der Waals surface area contributed by atoms with Crippen LogP contribution in [0.25, 0.3) is 259 Å². The highest BCUT2D eigenvalue weighted by Crippen LogP contribution is 2.47. The van der Waals surface area contributed by atoms with Crippen molar-refractivity contribution in [3.63, 3.8) is 0 Å². The second-order valence-corrected chi connectivity index (χ2v) is 36.0. The van der Waals surface area contributed by atoms with E-state index in [0.717, 1.165) is 115 Å². The number of hydrogen-bond donors (Lipinski definition) is 0. The first-order valence-corrected chi connectivity index (χ1v) is 46.0. The summed E-state index contributed by atoms with van der Waals surface area (Å²) in [5.74, 6) is 2.25. The topological polar surface area (TPSA) is 77.3 Å². The van der Waals surface area contributed by atoms with E-state index in [2.05, 4.69) is 419 Å². The summed E-state index contributed by atoms with van der Waals surface area (Å²) in [6.45, 7) is 0. The van der Waals surface area contributed by atoms with Gasteiger partial charge in [-0.1, -0.05) is 382 Å². The van der Waals surface area contributed by atoms with Gasteiger partial charge < -0.3 is 0 Å². The lowest BCUT2D eigenvalue weighted by Gasteiger charge is -2.13. The molecule has 0 radical (unpaired) electrons. The van der Waals surface area contributed by atoms with Crippen LogP contribution in [0.5, 0.6) is 0 Å². The predicted molar refractivity (Wildman–Crippen MR) is 551 cm³/mol. The van der Waals surface area contributed by atoms with E-state index in [1.165, 1.54) is 144 Å². The van der Waals surface area contributed by atoms with Gasteiger partial charge in [-0.15, -0.1) is 34.0 Å². The van der Waals surface area contributed by atoms with Crippen molar-refractivity contribution in [3.05, 3.63) is 437 Å². The third-order valence-corrected chi connectivity index (χ3v) is 28.6. The molecule has 129 heavy (non-hydrogen) atoms. The summed E-state index contributed by atoms with van der Waals surface area (Å²) in [7, 11) is 0. The van der Waals surface area contributed by atoms with Crippen LogP contribution in [0.1, 0.15) is 0 Å². The predicted octanol–water partition coefficient (Wildman–Crippen LogP) is 33.9. The zero-order valence-corrected chi connectivity index (χ0v) is 71.9. The second kappa shape index (κ2) is 31.5. The average Bonchev–Trinajstić information content (AvgIpc) is 1.74. The molecule has 0 bridgehead atoms. The molecule has 0 saturated carbocycles. The molecule has 6 heterocycles. The van der Waals surface area contributed by atoms with Gasteiger partial charge in [-0.25, -0.2) is 29.9 Å². The lowest BCUT2D eigenvalue weighted by Crippen LogP contribution is -1.94. The molecule has 0 atom stereocenters. The monoisotopic (exact) mass is 1690 g/mol. The lowest BCUT2D eigenvalue weighted by molar-refractivity contribution is 1.24. The number of benzene rings is 21. The number of thiophene rings is 3. The van der Waals surface area contributed by atoms with E-state index in [1.807, 2.05) is 18.2 Å². The van der Waals surface area contributed by atoms with Crippen LogP contribution in [-0.4, -0.2) is 29.9 Å². The zero-order valence-electron chi connectivity index (χ0n) is 69.5. The molecule has 0 N–H and O–H groups in total. The van der Waals surface area contributed by atoms with Gasteiger partial charge in [0.15, 0.2) is 17.5 Å². The first-order valence-electron chi connectivity index (χ1n) is 43.5. The lowest BCUT2D eigenvalue weighted by atomic mass is 9.91. The molecule has 0 saturated heterocycles. The van der Waals surface area contributed by atoms with Crippen LogP contribution >= 0.6 is 34.0 Å². The molecular weight excluding hydrogens is 1620 g/mol. The van der Waals surface area contributed by atoms with Crippen molar-refractivity contribution < 1.29 is 0 Å². The van der Waals surface area contributed by atoms with E-state index in [9.17, 15) is 0 Å². The molecule has 27 aromatic rings. The van der Waals surface area contributed by atoms with E-state index in [-0.39, 0.29) is 0 Å². The molecule has 0 aliphatic rings. The summed E-state index contributed by atoms with van der Waals surface area (Å²) in [4.78, 5) is 34.1. The highest BCUT2D eigenvalue weighted by atomic mass is 32.1. The van der Waals surface area contributed by atoms with Crippen LogP contribution in [0.2, 0.25) is 0 Å². The molecule has 600 valence electrons. The van der Waals surface area contributed by atoms with Gasteiger partial charge >= 0.3 is 0 Å². The van der Waals surface area contributed by atoms with Gasteiger partial charge in [-0.3, -0.25) is 0 Å². The van der Waals surface area contributed by atoms with Crippen LogP contribution in [0, 0.1) is 0 Å². The fourth-order valence-corrected chi connectivity index (χ4v) is 22.7. The minimum Gasteiger partial charge on any atom is -0.227 e. The fourth-order valence-electron chi connectivity index (χ4n) is 19.4. The van der Waals surface area contributed by atoms with Crippen molar-refractivity contribution in [2.24, 2.45) is 0 Å². The van der Waals surface area contributed by atoms with Gasteiger partial charge in [-0.2, -0.15) is 0 Å². The highest BCUT2D eigenvalue weighted by Gasteiger charge is 2.23. The maximum atomic E-state index is 5.23. The summed E-state index contributed by atoms with van der Waals surface area (Å²) in [5.41, 5.74) is 16.3. The Morgan fingerprint density at radius 1 is 0.124 bits per heavy atom. The number of nitrogens with zero attached hydrogens (tertiary/aromatic N) is 6. The molecule has 0 aliphatic heterocycles. The summed E-state index contributed by atoms with van der Waals surface area (Å²) >= 11 is 5.20. The normalized spacial score (nSPS) is 11.7. The molecule has 0 fully saturated rings. The second-order valence-electron chi connectivity index (χ2n) is 32.9. The molecule has 6 nitrogen and oxygen atoms in total. The molecule has 0 amide bonds. The Balaban J connectivity index is 0.000000106. The Kier molecular flexibility index (Phi) is 18.4. The zero-order chi connectivity index (χ0) is 85.0. The van der Waals surface area contributed by atoms with Crippen molar-refractivity contribution in [1.82, 2.24) is 29.9 Å². The van der Waals surface area contributed by atoms with Crippen LogP contribution in [0.15, 0.2) is 437 Å². The average molecular weight is 1690 g/mol. The van der Waals surface area contributed by atoms with Crippen LogP contribution in [-0.2, 0) is 0 Å². The Labute approximate surface area is 754 Å². The van der Waals surface area contributed by atoms with Crippen molar-refractivity contribution >= 4 is 192 Å². The van der Waals surface area contributed by atoms with Crippen molar-refractivity contribution in [2.45, 2.75) is 0 Å². The van der Waals surface area contributed by atoms with Gasteiger partial charge in [0.25, 0.3) is 0 Å². The Morgan fingerprint density at radius 3 is 0.589 bits per heavy atom. The molecule has 0 unspecified atom stereocenters. The maximum absolute atomic E-state index is 5.23. The maximum Gasteiger partial charge on any atom is 0.161 e. The third-order valence-electron chi connectivity index (χ3n) is 25.5. The minimum atomic E-state index is 0.740. The summed E-state index contributed by atoms with van der Waals surface area (Å²) in [6.07, 6.45) is 0. The smallest absolute Gasteiger partial charge is 0.161 e. The van der Waals surface area contributed by atoms with Gasteiger partial charge in [0, 0.05) is 79.8 Å². The third kappa shape index (κ3) is 13.2. The minimum absolute atomic E-state index is 0.740. The first-order chi connectivity index (χ1) is 63.9. The fraction of sp³-hybridized carbons (Fsp3) is 0. The van der Waals surface area contributed by atoms with Crippen molar-refractivity contribution in [1.29, 1.82) is 0 Å². The highest BCUT2D eigenvalue weighted by molar-refractivity contribution is 7.26. The van der Waals surface area contributed by atoms with Gasteiger partial charge in [0.1, 0.15) is 14.5 Å². The molecular formula is C120H72N6S3. The molecule has 0 spiro atoms. The van der Waals surface area contributed by atoms with Crippen LogP contribution < -0.4 is 0 Å². The number of fused-ring (bicyclic) bond motifs is 27. The Hall–Kier alpha value is -16.1. The van der Waals surface area contributed by atoms with Crippen molar-refractivity contribution in [3.8, 4) is 101 Å². The number of hydrogen-bond acceptors (Lipinski definition) is 9. The van der Waals surface area contributed by atoms with E-state index in [4.69, 9.17) is 29.9 Å². The number of rotatable bonds is 9. The standard InChI is InChI=1S/C46H28N2S.C40H24N2S.C34H20N2S/c1-2-12-29(13-3-1)44-43-40-22-8-9-23-42(40)49-46(43)48-45(47-44)34-17-11-16-32(27-34)30-14-10-15-31(26-30)33-24-25-39-37-20-5-4-18-35(37)36-19-6-7-21-38(36)41(39)28-33;1-2-11-25(12-3-1)38-37-34-19-8-9-20-36(34)43-40(37)42-39(41-38)28-14-10-13-26(23-28)27-21-22-33-31-17-5-4-15-29(31)30-16-6-7-18-32(30)35(33)24-27;1-2-10-21(11-3-1)32-31-28-16-8-9-17-30(28)37-34(31)36-33(35-32)22-18-19-27-25-14-5-4-12-23(25)24-13-6-7-15-26(24)29(27)20-22/h1-28H;1-24H;1-20H. The van der Waals surface area contributed by atoms with Gasteiger partial charge in [0.05, 0.1) is 17.1 Å². The quantitative estimate of drug-likeness (QED) is 0.134. The largest absolute Gasteiger partial charge is 0.227 e. The van der Waals surface area contributed by atoms with Crippen molar-refractivity contribution in [2.75, 3.05) is 0 Å². The molecule has 21 aromatic carbocycles. The first kappa shape index (κ1) is 75.4. The number of aromatic nitrogens is 6. The molecule has 0 aliphatic carbocycles. The molecule has 6 aromatic heterocycles. The van der Waals surface area contributed by atoms with Gasteiger partial charge in [-0.05, 0) is 185 Å². The molecule has 27 rings (SSSR count). The van der Waals surface area contributed by atoms with E-state index in [0.29, 0.717) is 0 Å². The summed E-state index contributed by atoms with van der Waals surface area (Å²) in [6, 6.07) is 156. The van der Waals surface area contributed by atoms with E-state index in [1.54, 1.807) is 34.0 Å². The van der Waals surface area contributed by atoms with Crippen LogP contribution in [0.3, 0.4) is 0 Å². The van der Waals surface area contributed by atoms with E-state index >= 15 is 0 Å². The van der Waals surface area contributed by atoms with Gasteiger partial charge in [0.2, 0.25) is 0 Å².